The lowest BCUT2D eigenvalue weighted by Gasteiger charge is -2.09. The molecular formula is C14H9BrFN3O. The van der Waals surface area contributed by atoms with Gasteiger partial charge in [-0.3, -0.25) is 4.79 Å². The van der Waals surface area contributed by atoms with E-state index in [1.54, 1.807) is 24.5 Å². The molecule has 0 saturated heterocycles. The maximum absolute atomic E-state index is 14.3. The Hall–Kier alpha value is -2.21. The second-order valence-electron chi connectivity index (χ2n) is 4.28. The van der Waals surface area contributed by atoms with Gasteiger partial charge in [-0.15, -0.1) is 0 Å². The van der Waals surface area contributed by atoms with E-state index in [0.29, 0.717) is 38.5 Å². The lowest BCUT2D eigenvalue weighted by atomic mass is 10.0. The summed E-state index contributed by atoms with van der Waals surface area (Å²) in [5.74, 6) is -0.515. The van der Waals surface area contributed by atoms with E-state index in [9.17, 15) is 9.18 Å². The van der Waals surface area contributed by atoms with Crippen molar-refractivity contribution in [3.05, 3.63) is 46.4 Å². The van der Waals surface area contributed by atoms with Crippen molar-refractivity contribution < 1.29 is 9.18 Å². The molecule has 6 heteroatoms. The van der Waals surface area contributed by atoms with E-state index in [1.165, 1.54) is 6.07 Å². The number of nitrogens with one attached hydrogen (secondary N) is 1. The second-order valence-corrected chi connectivity index (χ2v) is 5.13. The molecule has 0 saturated carbocycles. The number of nitrogens with zero attached hydrogens (tertiary/aromatic N) is 1. The summed E-state index contributed by atoms with van der Waals surface area (Å²) in [6, 6.07) is 4.77. The Morgan fingerprint density at radius 2 is 2.20 bits per heavy atom. The van der Waals surface area contributed by atoms with Crippen LogP contribution in [0, 0.1) is 5.82 Å². The predicted molar refractivity (Wildman–Crippen MR) is 79.0 cm³/mol. The van der Waals surface area contributed by atoms with Gasteiger partial charge in [0, 0.05) is 38.9 Å². The van der Waals surface area contributed by atoms with Crippen LogP contribution >= 0.6 is 15.9 Å². The molecule has 0 fully saturated rings. The summed E-state index contributed by atoms with van der Waals surface area (Å²) in [5.41, 5.74) is 7.50. The van der Waals surface area contributed by atoms with Crippen molar-refractivity contribution in [2.45, 2.75) is 0 Å². The fourth-order valence-electron chi connectivity index (χ4n) is 2.20. The van der Waals surface area contributed by atoms with E-state index >= 15 is 0 Å². The standard InChI is InChI=1S/C14H9BrFN3O/c15-9-5-19-14-11(7(6-20)4-18-14)12(9)8-2-1-3-10(17)13(8)16/h1-6H,17H2,(H,18,19). The first kappa shape index (κ1) is 12.8. The molecular weight excluding hydrogens is 325 g/mol. The monoisotopic (exact) mass is 333 g/mol. The van der Waals surface area contributed by atoms with Gasteiger partial charge in [0.05, 0.1) is 5.69 Å². The van der Waals surface area contributed by atoms with Gasteiger partial charge >= 0.3 is 0 Å². The topological polar surface area (TPSA) is 71.8 Å². The number of benzene rings is 1. The molecule has 0 spiro atoms. The number of hydrogen-bond acceptors (Lipinski definition) is 3. The van der Waals surface area contributed by atoms with Crippen molar-refractivity contribution in [3.8, 4) is 11.1 Å². The summed E-state index contributed by atoms with van der Waals surface area (Å²) in [6.45, 7) is 0. The Labute approximate surface area is 121 Å². The van der Waals surface area contributed by atoms with Gasteiger partial charge in [0.2, 0.25) is 0 Å². The molecule has 3 N–H and O–H groups in total. The molecule has 0 unspecified atom stereocenters. The van der Waals surface area contributed by atoms with Gasteiger partial charge < -0.3 is 10.7 Å². The summed E-state index contributed by atoms with van der Waals surface area (Å²) in [7, 11) is 0. The zero-order valence-electron chi connectivity index (χ0n) is 10.2. The number of anilines is 1. The van der Waals surface area contributed by atoms with Crippen LogP contribution < -0.4 is 5.73 Å². The van der Waals surface area contributed by atoms with Crippen LogP contribution in [0.15, 0.2) is 35.1 Å². The predicted octanol–water partition coefficient (Wildman–Crippen LogP) is 3.53. The Morgan fingerprint density at radius 3 is 2.95 bits per heavy atom. The molecule has 0 aliphatic heterocycles. The molecule has 0 radical (unpaired) electrons. The molecule has 3 aromatic rings. The summed E-state index contributed by atoms with van der Waals surface area (Å²) in [4.78, 5) is 18.2. The SMILES string of the molecule is Nc1cccc(-c2c(Br)cnc3[nH]cc(C=O)c23)c1F. The Morgan fingerprint density at radius 1 is 1.40 bits per heavy atom. The van der Waals surface area contributed by atoms with Crippen LogP contribution in [0.1, 0.15) is 10.4 Å². The number of fused-ring (bicyclic) bond motifs is 1. The molecule has 2 heterocycles. The number of aromatic amines is 1. The first-order valence-corrected chi connectivity index (χ1v) is 6.58. The van der Waals surface area contributed by atoms with Crippen LogP contribution in [0.3, 0.4) is 0 Å². The van der Waals surface area contributed by atoms with Gasteiger partial charge in [-0.25, -0.2) is 9.37 Å². The first-order valence-electron chi connectivity index (χ1n) is 5.78. The molecule has 0 atom stereocenters. The smallest absolute Gasteiger partial charge is 0.153 e. The van der Waals surface area contributed by atoms with E-state index < -0.39 is 5.82 Å². The lowest BCUT2D eigenvalue weighted by Crippen LogP contribution is -1.95. The number of H-pyrrole nitrogens is 1. The third-order valence-electron chi connectivity index (χ3n) is 3.11. The molecule has 4 nitrogen and oxygen atoms in total. The van der Waals surface area contributed by atoms with Crippen LogP contribution in [0.4, 0.5) is 10.1 Å². The molecule has 1 aromatic carbocycles. The minimum Gasteiger partial charge on any atom is -0.396 e. The zero-order chi connectivity index (χ0) is 14.3. The number of halogens is 2. The molecule has 0 aliphatic rings. The largest absolute Gasteiger partial charge is 0.396 e. The second kappa shape index (κ2) is 4.72. The van der Waals surface area contributed by atoms with Gasteiger partial charge in [-0.2, -0.15) is 0 Å². The summed E-state index contributed by atoms with van der Waals surface area (Å²) in [6.07, 6.45) is 3.82. The quantitative estimate of drug-likeness (QED) is 0.556. The van der Waals surface area contributed by atoms with E-state index in [0.717, 1.165) is 0 Å². The van der Waals surface area contributed by atoms with Crippen molar-refractivity contribution >= 4 is 38.9 Å². The maximum atomic E-state index is 14.3. The number of hydrogen-bond donors (Lipinski definition) is 2. The fraction of sp³-hybridized carbons (Fsp3) is 0. The van der Waals surface area contributed by atoms with Crippen molar-refractivity contribution in [1.82, 2.24) is 9.97 Å². The molecule has 20 heavy (non-hydrogen) atoms. The maximum Gasteiger partial charge on any atom is 0.153 e. The van der Waals surface area contributed by atoms with E-state index in [-0.39, 0.29) is 5.69 Å². The van der Waals surface area contributed by atoms with Gasteiger partial charge in [-0.1, -0.05) is 12.1 Å². The average molecular weight is 334 g/mol. The number of nitrogens with two attached hydrogens (primary N) is 1. The van der Waals surface area contributed by atoms with Crippen molar-refractivity contribution in [1.29, 1.82) is 0 Å². The van der Waals surface area contributed by atoms with Crippen LogP contribution in [0.25, 0.3) is 22.2 Å². The van der Waals surface area contributed by atoms with Crippen LogP contribution in [0.5, 0.6) is 0 Å². The molecule has 100 valence electrons. The van der Waals surface area contributed by atoms with Crippen molar-refractivity contribution in [2.75, 3.05) is 5.73 Å². The number of pyridine rings is 1. The molecule has 3 rings (SSSR count). The van der Waals surface area contributed by atoms with Gasteiger partial charge in [-0.05, 0) is 22.0 Å². The third-order valence-corrected chi connectivity index (χ3v) is 3.71. The fourth-order valence-corrected chi connectivity index (χ4v) is 2.71. The van der Waals surface area contributed by atoms with E-state index in [4.69, 9.17) is 5.73 Å². The summed E-state index contributed by atoms with van der Waals surface area (Å²) < 4.78 is 14.9. The minimum absolute atomic E-state index is 0.0579. The number of carbonyl (C=O) groups is 1. The number of aromatic nitrogens is 2. The summed E-state index contributed by atoms with van der Waals surface area (Å²) in [5, 5.41) is 0.568. The van der Waals surface area contributed by atoms with Crippen molar-refractivity contribution in [3.63, 3.8) is 0 Å². The minimum atomic E-state index is -0.515. The third kappa shape index (κ3) is 1.80. The van der Waals surface area contributed by atoms with E-state index in [2.05, 4.69) is 25.9 Å². The molecule has 0 amide bonds. The molecule has 0 bridgehead atoms. The summed E-state index contributed by atoms with van der Waals surface area (Å²) >= 11 is 3.36. The number of nitrogen functional groups attached to an aromatic ring is 1. The van der Waals surface area contributed by atoms with Gasteiger partial charge in [0.15, 0.2) is 12.1 Å². The first-order chi connectivity index (χ1) is 9.63. The van der Waals surface area contributed by atoms with Crippen LogP contribution in [-0.2, 0) is 0 Å². The number of carbonyl (C=O) groups excluding carboxylic acids is 1. The number of aldehydes is 1. The van der Waals surface area contributed by atoms with E-state index in [1.807, 2.05) is 0 Å². The molecule has 2 aromatic heterocycles. The van der Waals surface area contributed by atoms with Crippen LogP contribution in [0.2, 0.25) is 0 Å². The number of rotatable bonds is 2. The lowest BCUT2D eigenvalue weighted by molar-refractivity contribution is 0.112. The van der Waals surface area contributed by atoms with Crippen LogP contribution in [-0.4, -0.2) is 16.3 Å². The highest BCUT2D eigenvalue weighted by Crippen LogP contribution is 2.38. The highest BCUT2D eigenvalue weighted by atomic mass is 79.9. The van der Waals surface area contributed by atoms with Crippen molar-refractivity contribution in [2.24, 2.45) is 0 Å². The average Bonchev–Trinajstić information content (AvgIpc) is 2.85. The molecule has 0 aliphatic carbocycles. The Balaban J connectivity index is 2.46. The van der Waals surface area contributed by atoms with Gasteiger partial charge in [0.25, 0.3) is 0 Å². The Bertz CT molecular complexity index is 829. The zero-order valence-corrected chi connectivity index (χ0v) is 11.7. The highest BCUT2D eigenvalue weighted by molar-refractivity contribution is 9.10. The van der Waals surface area contributed by atoms with Gasteiger partial charge in [0.1, 0.15) is 5.65 Å². The Kier molecular flexibility index (Phi) is 3.02. The normalized spacial score (nSPS) is 10.9. The highest BCUT2D eigenvalue weighted by Gasteiger charge is 2.18.